The molecule has 10 atom stereocenters. The fourth-order valence-corrected chi connectivity index (χ4v) is 15.5. The van der Waals surface area contributed by atoms with Crippen LogP contribution in [0, 0.1) is 68.0 Å². The maximum Gasteiger partial charge on any atom is 0.309 e. The van der Waals surface area contributed by atoms with Crippen molar-refractivity contribution in [2.45, 2.75) is 158 Å². The topological polar surface area (TPSA) is 151 Å². The van der Waals surface area contributed by atoms with Crippen molar-refractivity contribution in [3.05, 3.63) is 39.9 Å². The van der Waals surface area contributed by atoms with Gasteiger partial charge in [0, 0.05) is 41.8 Å². The number of allylic oxidation sites excluding steroid dienone is 2. The highest BCUT2D eigenvalue weighted by Gasteiger charge is 2.70. The molecule has 5 fully saturated rings. The van der Waals surface area contributed by atoms with Gasteiger partial charge in [-0.25, -0.2) is 0 Å². The monoisotopic (exact) mass is 934 g/mol. The van der Waals surface area contributed by atoms with Gasteiger partial charge in [0.15, 0.2) is 5.78 Å². The second kappa shape index (κ2) is 17.5. The number of carbonyl (C=O) groups excluding carboxylic acids is 4. The van der Waals surface area contributed by atoms with Gasteiger partial charge in [0.25, 0.3) is 5.91 Å². The Bertz CT molecular complexity index is 2160. The number of halogens is 1. The van der Waals surface area contributed by atoms with Gasteiger partial charge in [-0.3, -0.25) is 24.0 Å². The molecule has 6 aliphatic carbocycles. The van der Waals surface area contributed by atoms with Crippen LogP contribution in [-0.4, -0.2) is 85.0 Å². The minimum Gasteiger partial charge on any atom is -0.491 e. The van der Waals surface area contributed by atoms with E-state index in [-0.39, 0.29) is 76.1 Å². The van der Waals surface area contributed by atoms with E-state index in [0.29, 0.717) is 54.2 Å². The van der Waals surface area contributed by atoms with Gasteiger partial charge in [0.1, 0.15) is 18.5 Å². The number of esters is 1. The first-order valence-corrected chi connectivity index (χ1v) is 25.3. The highest BCUT2D eigenvalue weighted by molar-refractivity contribution is 6.30. The molecule has 6 aliphatic rings. The molecule has 7 rings (SSSR count). The number of ketones is 1. The first-order chi connectivity index (χ1) is 30.5. The molecule has 2 amide bonds. The number of nitrogens with one attached hydrogen (secondary N) is 2. The summed E-state index contributed by atoms with van der Waals surface area (Å²) in [5.41, 5.74) is 0.336. The summed E-state index contributed by atoms with van der Waals surface area (Å²) in [6.07, 6.45) is 8.31. The predicted molar refractivity (Wildman–Crippen MR) is 257 cm³/mol. The zero-order valence-corrected chi connectivity index (χ0v) is 43.1. The molecule has 5 saturated carbocycles. The summed E-state index contributed by atoms with van der Waals surface area (Å²) in [6, 6.07) is 4.98. The summed E-state index contributed by atoms with van der Waals surface area (Å²) in [5, 5.41) is 16.5. The van der Waals surface area contributed by atoms with E-state index in [4.69, 9.17) is 21.1 Å². The van der Waals surface area contributed by atoms with E-state index in [1.807, 2.05) is 46.7 Å². The van der Waals surface area contributed by atoms with E-state index in [2.05, 4.69) is 59.1 Å². The van der Waals surface area contributed by atoms with Crippen LogP contribution >= 0.6 is 11.6 Å². The third kappa shape index (κ3) is 8.44. The average molecular weight is 935 g/mol. The molecule has 0 saturated heterocycles. The molecule has 1 aromatic carbocycles. The van der Waals surface area contributed by atoms with Gasteiger partial charge < -0.3 is 30.1 Å². The smallest absolute Gasteiger partial charge is 0.309 e. The third-order valence-electron chi connectivity index (χ3n) is 19.3. The summed E-state index contributed by atoms with van der Waals surface area (Å²) >= 11 is 6.28. The molecule has 366 valence electrons. The number of hydrogen-bond donors (Lipinski definition) is 3. The second-order valence-electron chi connectivity index (χ2n) is 24.8. The Kier molecular flexibility index (Phi) is 13.4. The lowest BCUT2D eigenvalue weighted by Gasteiger charge is -2.72. The Labute approximate surface area is 399 Å². The molecule has 0 spiro atoms. The Hall–Kier alpha value is -3.44. The van der Waals surface area contributed by atoms with Crippen molar-refractivity contribution in [2.24, 2.45) is 68.0 Å². The van der Waals surface area contributed by atoms with Crippen molar-refractivity contribution in [3.8, 4) is 5.75 Å². The number of rotatable bonds is 14. The summed E-state index contributed by atoms with van der Waals surface area (Å²) in [7, 11) is 3.91. The molecule has 0 aromatic heterocycles. The SMILES string of the molecule is CC(C)C1=C2[C@H]3CC[C@@H]4[C@@]5(C)CC[C@H](OC(=O)[C@H]6C[C@@H](C(=O)O)C6(C)C)C(C)(C)[C@@H]5CC[C@@]4(C)[C@]3(C)CC[C@@]2(CC(=O)NCC(C)(C)NC(=O)c2ccc(Cl)cc2OCCN(C)C)CC1=O. The van der Waals surface area contributed by atoms with Crippen molar-refractivity contribution >= 4 is 41.1 Å². The fraction of sp³-hybridized carbons (Fsp3) is 0.759. The van der Waals surface area contributed by atoms with E-state index >= 15 is 0 Å². The molecule has 0 radical (unpaired) electrons. The van der Waals surface area contributed by atoms with Gasteiger partial charge in [-0.05, 0) is 155 Å². The number of benzene rings is 1. The molecule has 0 bridgehead atoms. The van der Waals surface area contributed by atoms with Gasteiger partial charge in [-0.1, -0.05) is 79.5 Å². The Morgan fingerprint density at radius 3 is 2.23 bits per heavy atom. The number of fused-ring (bicyclic) bond motifs is 7. The largest absolute Gasteiger partial charge is 0.491 e. The van der Waals surface area contributed by atoms with Gasteiger partial charge >= 0.3 is 11.9 Å². The van der Waals surface area contributed by atoms with Crippen LogP contribution in [0.2, 0.25) is 5.02 Å². The molecule has 66 heavy (non-hydrogen) atoms. The first kappa shape index (κ1) is 50.4. The fourth-order valence-electron chi connectivity index (χ4n) is 15.4. The standard InChI is InChI=1S/C54H80ClN3O8/c1-31(2)43-37(59)28-54(29-42(60)56-30-48(3,4)57-45(61)33-15-14-32(55)26-38(33)65-25-24-58(12)13)23-22-52(10)34(44(43)54)16-17-40-51(9)20-19-41(50(7,8)39(51)18-21-53(40,52)11)66-47(64)36-27-35(46(62)63)49(36,5)6/h14-15,26,31,34-36,39-41H,16-25,27-30H2,1-13H3,(H,56,60)(H,57,61)(H,62,63)/t34-,35+,36-,39+,40-,41+,51+,52-,53-,54+/m1/s1. The maximum atomic E-state index is 14.3. The third-order valence-corrected chi connectivity index (χ3v) is 19.5. The summed E-state index contributed by atoms with van der Waals surface area (Å²) < 4.78 is 12.4. The number of likely N-dealkylation sites (N-methyl/N-ethyl adjacent to an activating group) is 1. The number of nitrogens with zero attached hydrogens (tertiary/aromatic N) is 1. The van der Waals surface area contributed by atoms with Gasteiger partial charge in [-0.2, -0.15) is 0 Å². The highest BCUT2D eigenvalue weighted by atomic mass is 35.5. The van der Waals surface area contributed by atoms with Crippen LogP contribution in [0.4, 0.5) is 0 Å². The van der Waals surface area contributed by atoms with Crippen molar-refractivity contribution in [1.82, 2.24) is 15.5 Å². The quantitative estimate of drug-likeness (QED) is 0.155. The molecule has 0 heterocycles. The van der Waals surface area contributed by atoms with Crippen LogP contribution in [0.25, 0.3) is 0 Å². The van der Waals surface area contributed by atoms with Crippen molar-refractivity contribution in [1.29, 1.82) is 0 Å². The summed E-state index contributed by atoms with van der Waals surface area (Å²) in [4.78, 5) is 69.7. The number of amides is 2. The van der Waals surface area contributed by atoms with Crippen LogP contribution in [0.1, 0.15) is 157 Å². The van der Waals surface area contributed by atoms with Crippen molar-refractivity contribution in [2.75, 3.05) is 33.8 Å². The average Bonchev–Trinajstić information content (AvgIpc) is 3.49. The van der Waals surface area contributed by atoms with E-state index in [1.165, 1.54) is 5.57 Å². The molecule has 12 heteroatoms. The lowest BCUT2D eigenvalue weighted by atomic mass is 9.33. The number of carboxylic acid groups (broad SMARTS) is 1. The van der Waals surface area contributed by atoms with Crippen LogP contribution in [0.15, 0.2) is 29.3 Å². The summed E-state index contributed by atoms with van der Waals surface area (Å²) in [6.45, 7) is 25.3. The van der Waals surface area contributed by atoms with E-state index in [9.17, 15) is 29.1 Å². The molecular formula is C54H80ClN3O8. The summed E-state index contributed by atoms with van der Waals surface area (Å²) in [5.74, 6) is -0.803. The normalized spacial score (nSPS) is 35.5. The van der Waals surface area contributed by atoms with Gasteiger partial charge in [-0.15, -0.1) is 0 Å². The Balaban J connectivity index is 1.06. The van der Waals surface area contributed by atoms with Gasteiger partial charge in [0.2, 0.25) is 5.91 Å². The Morgan fingerprint density at radius 1 is 0.894 bits per heavy atom. The van der Waals surface area contributed by atoms with Crippen LogP contribution in [0.3, 0.4) is 0 Å². The highest BCUT2D eigenvalue weighted by Crippen LogP contribution is 2.77. The Morgan fingerprint density at radius 2 is 1.59 bits per heavy atom. The number of carbonyl (C=O) groups is 5. The lowest BCUT2D eigenvalue weighted by molar-refractivity contribution is -0.236. The van der Waals surface area contributed by atoms with Crippen molar-refractivity contribution in [3.63, 3.8) is 0 Å². The minimum atomic E-state index is -0.844. The van der Waals surface area contributed by atoms with Crippen LogP contribution < -0.4 is 15.4 Å². The molecule has 11 nitrogen and oxygen atoms in total. The molecular weight excluding hydrogens is 854 g/mol. The number of carboxylic acids is 1. The zero-order chi connectivity index (χ0) is 48.7. The van der Waals surface area contributed by atoms with Crippen LogP contribution in [0.5, 0.6) is 5.75 Å². The molecule has 0 aliphatic heterocycles. The maximum absolute atomic E-state index is 14.3. The molecule has 0 unspecified atom stereocenters. The zero-order valence-electron chi connectivity index (χ0n) is 42.3. The predicted octanol–water partition coefficient (Wildman–Crippen LogP) is 9.93. The molecule has 3 N–H and O–H groups in total. The van der Waals surface area contributed by atoms with Crippen molar-refractivity contribution < 1.29 is 38.6 Å². The first-order valence-electron chi connectivity index (χ1n) is 24.9. The number of hydrogen-bond acceptors (Lipinski definition) is 8. The number of Topliss-reactive ketones (excluding diaryl/α,β-unsaturated/α-hetero) is 1. The second-order valence-corrected chi connectivity index (χ2v) is 25.3. The van der Waals surface area contributed by atoms with E-state index in [0.717, 1.165) is 56.9 Å². The lowest BCUT2D eigenvalue weighted by Crippen LogP contribution is -2.66. The van der Waals surface area contributed by atoms with Crippen LogP contribution in [-0.2, 0) is 23.9 Å². The minimum absolute atomic E-state index is 0.00127. The molecule has 1 aromatic rings. The van der Waals surface area contributed by atoms with E-state index in [1.54, 1.807) is 18.2 Å². The number of aliphatic carboxylic acids is 1. The number of ether oxygens (including phenoxy) is 2. The van der Waals surface area contributed by atoms with Gasteiger partial charge in [0.05, 0.1) is 22.9 Å². The van der Waals surface area contributed by atoms with E-state index < -0.39 is 34.2 Å².